The van der Waals surface area contributed by atoms with Gasteiger partial charge in [0.15, 0.2) is 0 Å². The molecule has 3 N–H and O–H groups in total. The zero-order chi connectivity index (χ0) is 8.97. The molecule has 0 spiro atoms. The molecule has 1 saturated heterocycles. The highest BCUT2D eigenvalue weighted by Crippen LogP contribution is 2.11. The Balaban J connectivity index is 2.18. The first-order valence-electron chi connectivity index (χ1n) is 4.35. The van der Waals surface area contributed by atoms with Crippen molar-refractivity contribution in [2.45, 2.75) is 31.9 Å². The number of rotatable bonds is 3. The van der Waals surface area contributed by atoms with Crippen molar-refractivity contribution in [3.63, 3.8) is 0 Å². The summed E-state index contributed by atoms with van der Waals surface area (Å²) in [6, 6.07) is 0.00959. The fraction of sp³-hybridized carbons (Fsp3) is 0.875. The fourth-order valence-electron chi connectivity index (χ4n) is 1.16. The maximum Gasteiger partial charge on any atom is 0.249 e. The number of ether oxygens (including phenoxy) is 1. The van der Waals surface area contributed by atoms with Crippen molar-refractivity contribution < 1.29 is 9.53 Å². The molecule has 0 aliphatic carbocycles. The number of carbonyl (C=O) groups excluding carboxylic acids is 1. The summed E-state index contributed by atoms with van der Waals surface area (Å²) in [5.41, 5.74) is 5.48. The molecule has 0 saturated carbocycles. The summed E-state index contributed by atoms with van der Waals surface area (Å²) >= 11 is 0. The van der Waals surface area contributed by atoms with Gasteiger partial charge < -0.3 is 15.8 Å². The Kier molecular flexibility index (Phi) is 3.49. The minimum atomic E-state index is -0.233. The first-order chi connectivity index (χ1) is 5.70. The van der Waals surface area contributed by atoms with Crippen LogP contribution in [0.5, 0.6) is 0 Å². The van der Waals surface area contributed by atoms with Gasteiger partial charge in [-0.2, -0.15) is 0 Å². The highest BCUT2D eigenvalue weighted by atomic mass is 16.5. The van der Waals surface area contributed by atoms with Crippen LogP contribution in [0.1, 0.15) is 19.8 Å². The molecule has 4 nitrogen and oxygen atoms in total. The summed E-state index contributed by atoms with van der Waals surface area (Å²) in [4.78, 5) is 11.3. The molecule has 0 aromatic carbocycles. The molecule has 1 unspecified atom stereocenters. The predicted molar refractivity (Wildman–Crippen MR) is 45.6 cm³/mol. The van der Waals surface area contributed by atoms with E-state index in [9.17, 15) is 4.79 Å². The van der Waals surface area contributed by atoms with Crippen LogP contribution >= 0.6 is 0 Å². The Morgan fingerprint density at radius 1 is 1.83 bits per heavy atom. The van der Waals surface area contributed by atoms with Crippen molar-refractivity contribution in [2.75, 3.05) is 13.2 Å². The molecule has 1 amide bonds. The van der Waals surface area contributed by atoms with Crippen molar-refractivity contribution in [3.8, 4) is 0 Å². The van der Waals surface area contributed by atoms with E-state index in [-0.39, 0.29) is 18.1 Å². The Bertz CT molecular complexity index is 153. The quantitative estimate of drug-likeness (QED) is 0.610. The number of hydrogen-bond donors (Lipinski definition) is 2. The lowest BCUT2D eigenvalue weighted by molar-refractivity contribution is -0.130. The predicted octanol–water partition coefficient (Wildman–Crippen LogP) is -0.371. The molecule has 0 aromatic heterocycles. The summed E-state index contributed by atoms with van der Waals surface area (Å²) in [6.07, 6.45) is 1.59. The number of amides is 1. The third-order valence-electron chi connectivity index (χ3n) is 1.82. The van der Waals surface area contributed by atoms with Crippen molar-refractivity contribution in [1.29, 1.82) is 0 Å². The molecule has 0 bridgehead atoms. The third kappa shape index (κ3) is 2.79. The highest BCUT2D eigenvalue weighted by Gasteiger charge is 2.22. The Hall–Kier alpha value is -0.610. The van der Waals surface area contributed by atoms with Crippen molar-refractivity contribution in [3.05, 3.63) is 0 Å². The fourth-order valence-corrected chi connectivity index (χ4v) is 1.16. The van der Waals surface area contributed by atoms with E-state index in [2.05, 4.69) is 5.32 Å². The van der Waals surface area contributed by atoms with E-state index in [0.29, 0.717) is 13.2 Å². The van der Waals surface area contributed by atoms with Gasteiger partial charge in [-0.05, 0) is 19.8 Å². The zero-order valence-corrected chi connectivity index (χ0v) is 7.38. The van der Waals surface area contributed by atoms with Crippen molar-refractivity contribution >= 4 is 5.91 Å². The molecule has 0 radical (unpaired) electrons. The normalized spacial score (nSPS) is 25.3. The molecule has 4 heteroatoms. The Morgan fingerprint density at radius 2 is 2.58 bits per heavy atom. The van der Waals surface area contributed by atoms with Crippen LogP contribution < -0.4 is 11.1 Å². The van der Waals surface area contributed by atoms with Crippen molar-refractivity contribution in [1.82, 2.24) is 5.32 Å². The van der Waals surface area contributed by atoms with Gasteiger partial charge >= 0.3 is 0 Å². The molecule has 12 heavy (non-hydrogen) atoms. The van der Waals surface area contributed by atoms with Crippen LogP contribution in [-0.4, -0.2) is 31.2 Å². The Labute approximate surface area is 72.5 Å². The molecule has 1 rings (SSSR count). The second-order valence-corrected chi connectivity index (χ2v) is 3.22. The van der Waals surface area contributed by atoms with Gasteiger partial charge in [-0.15, -0.1) is 0 Å². The lowest BCUT2D eigenvalue weighted by Crippen LogP contribution is -2.40. The van der Waals surface area contributed by atoms with E-state index in [1.54, 1.807) is 0 Å². The van der Waals surface area contributed by atoms with Crippen LogP contribution in [0.4, 0.5) is 0 Å². The van der Waals surface area contributed by atoms with Gasteiger partial charge in [0, 0.05) is 19.2 Å². The van der Waals surface area contributed by atoms with Crippen LogP contribution in [0, 0.1) is 0 Å². The average Bonchev–Trinajstić information content (AvgIpc) is 2.51. The van der Waals surface area contributed by atoms with E-state index in [4.69, 9.17) is 10.5 Å². The number of nitrogens with one attached hydrogen (secondary N) is 1. The molecule has 70 valence electrons. The second-order valence-electron chi connectivity index (χ2n) is 3.22. The van der Waals surface area contributed by atoms with Gasteiger partial charge in [0.25, 0.3) is 0 Å². The average molecular weight is 172 g/mol. The standard InChI is InChI=1S/C8H16N2O2/c1-6(9)5-10-8(11)7-3-2-4-12-7/h6-7H,2-5,9H2,1H3,(H,10,11)/t6?,7-/m1/s1. The van der Waals surface area contributed by atoms with Crippen LogP contribution in [0.3, 0.4) is 0 Å². The van der Waals surface area contributed by atoms with Gasteiger partial charge in [0.1, 0.15) is 6.10 Å². The minimum absolute atomic E-state index is 0.00959. The largest absolute Gasteiger partial charge is 0.368 e. The van der Waals surface area contributed by atoms with Crippen LogP contribution in [-0.2, 0) is 9.53 Å². The van der Waals surface area contributed by atoms with Gasteiger partial charge in [-0.25, -0.2) is 0 Å². The van der Waals surface area contributed by atoms with E-state index in [0.717, 1.165) is 12.8 Å². The summed E-state index contributed by atoms with van der Waals surface area (Å²) in [5, 5.41) is 2.74. The summed E-state index contributed by atoms with van der Waals surface area (Å²) in [5.74, 6) is -0.0233. The lowest BCUT2D eigenvalue weighted by atomic mass is 10.2. The van der Waals surface area contributed by atoms with Gasteiger partial charge in [0.2, 0.25) is 5.91 Å². The van der Waals surface area contributed by atoms with E-state index >= 15 is 0 Å². The van der Waals surface area contributed by atoms with E-state index in [1.165, 1.54) is 0 Å². The topological polar surface area (TPSA) is 64.3 Å². The number of carbonyl (C=O) groups is 1. The van der Waals surface area contributed by atoms with Gasteiger partial charge in [0.05, 0.1) is 0 Å². The van der Waals surface area contributed by atoms with Crippen LogP contribution in [0.15, 0.2) is 0 Å². The van der Waals surface area contributed by atoms with Crippen molar-refractivity contribution in [2.24, 2.45) is 5.73 Å². The van der Waals surface area contributed by atoms with Gasteiger partial charge in [-0.3, -0.25) is 4.79 Å². The highest BCUT2D eigenvalue weighted by molar-refractivity contribution is 5.80. The molecule has 1 aliphatic rings. The second kappa shape index (κ2) is 4.42. The maximum atomic E-state index is 11.3. The lowest BCUT2D eigenvalue weighted by Gasteiger charge is -2.11. The molecule has 1 heterocycles. The summed E-state index contributed by atoms with van der Waals surface area (Å²) in [7, 11) is 0. The molecule has 1 fully saturated rings. The van der Waals surface area contributed by atoms with E-state index in [1.807, 2.05) is 6.92 Å². The summed E-state index contributed by atoms with van der Waals surface area (Å²) in [6.45, 7) is 3.09. The first kappa shape index (κ1) is 9.48. The molecule has 0 aromatic rings. The summed E-state index contributed by atoms with van der Waals surface area (Å²) < 4.78 is 5.19. The number of hydrogen-bond acceptors (Lipinski definition) is 3. The molecule has 2 atom stereocenters. The van der Waals surface area contributed by atoms with Crippen LogP contribution in [0.2, 0.25) is 0 Å². The maximum absolute atomic E-state index is 11.3. The van der Waals surface area contributed by atoms with Gasteiger partial charge in [-0.1, -0.05) is 0 Å². The third-order valence-corrected chi connectivity index (χ3v) is 1.82. The minimum Gasteiger partial charge on any atom is -0.368 e. The Morgan fingerprint density at radius 3 is 3.08 bits per heavy atom. The number of nitrogens with two attached hydrogens (primary N) is 1. The van der Waals surface area contributed by atoms with E-state index < -0.39 is 0 Å². The smallest absolute Gasteiger partial charge is 0.249 e. The molecule has 1 aliphatic heterocycles. The monoisotopic (exact) mass is 172 g/mol. The molecular weight excluding hydrogens is 156 g/mol. The zero-order valence-electron chi connectivity index (χ0n) is 7.38. The molecular formula is C8H16N2O2. The first-order valence-corrected chi connectivity index (χ1v) is 4.35. The van der Waals surface area contributed by atoms with Crippen LogP contribution in [0.25, 0.3) is 0 Å². The SMILES string of the molecule is CC(N)CNC(=O)[C@H]1CCCO1.